The van der Waals surface area contributed by atoms with Crippen LogP contribution in [0.1, 0.15) is 50.7 Å². The zero-order valence-electron chi connectivity index (χ0n) is 11.8. The van der Waals surface area contributed by atoms with Crippen molar-refractivity contribution in [3.8, 4) is 0 Å². The molecule has 0 radical (unpaired) electrons. The maximum absolute atomic E-state index is 10.6. The van der Waals surface area contributed by atoms with Gasteiger partial charge in [-0.25, -0.2) is 0 Å². The van der Waals surface area contributed by atoms with Gasteiger partial charge in [-0.1, -0.05) is 43.2 Å². The van der Waals surface area contributed by atoms with Gasteiger partial charge in [-0.2, -0.15) is 0 Å². The van der Waals surface area contributed by atoms with Crippen molar-refractivity contribution in [1.82, 2.24) is 0 Å². The van der Waals surface area contributed by atoms with Crippen LogP contribution in [0.4, 0.5) is 0 Å². The Kier molecular flexibility index (Phi) is 2.84. The third kappa shape index (κ3) is 1.94. The lowest BCUT2D eigenvalue weighted by molar-refractivity contribution is 0.157. The second kappa shape index (κ2) is 4.19. The number of allylic oxidation sites excluding steroid dienone is 1. The van der Waals surface area contributed by atoms with Crippen molar-refractivity contribution in [2.75, 3.05) is 0 Å². The minimum absolute atomic E-state index is 0.165. The highest BCUT2D eigenvalue weighted by atomic mass is 16.3. The van der Waals surface area contributed by atoms with E-state index < -0.39 is 11.6 Å². The predicted molar refractivity (Wildman–Crippen MR) is 78.8 cm³/mol. The summed E-state index contributed by atoms with van der Waals surface area (Å²) in [4.78, 5) is 0. The summed E-state index contributed by atoms with van der Waals surface area (Å²) in [7, 11) is 0. The smallest absolute Gasteiger partial charge is 0.0967 e. The van der Waals surface area contributed by atoms with E-state index in [2.05, 4.69) is 30.3 Å². The molecule has 0 bridgehead atoms. The van der Waals surface area contributed by atoms with Gasteiger partial charge in [0.05, 0.1) is 6.10 Å². The van der Waals surface area contributed by atoms with Crippen molar-refractivity contribution in [3.63, 3.8) is 0 Å². The molecular formula is C17H23NO. The molecule has 1 saturated carbocycles. The van der Waals surface area contributed by atoms with Crippen molar-refractivity contribution in [1.29, 1.82) is 0 Å². The van der Waals surface area contributed by atoms with Crippen LogP contribution in [0.25, 0.3) is 5.57 Å². The maximum atomic E-state index is 10.6. The molecule has 1 unspecified atom stereocenters. The molecule has 2 nitrogen and oxygen atoms in total. The van der Waals surface area contributed by atoms with E-state index in [1.54, 1.807) is 0 Å². The van der Waals surface area contributed by atoms with E-state index in [0.29, 0.717) is 0 Å². The molecule has 2 aliphatic carbocycles. The molecule has 1 aromatic carbocycles. The average Bonchev–Trinajstić information content (AvgIpc) is 2.95. The Bertz CT molecular complexity index is 518. The van der Waals surface area contributed by atoms with E-state index in [0.717, 1.165) is 5.57 Å². The van der Waals surface area contributed by atoms with Crippen LogP contribution < -0.4 is 5.73 Å². The van der Waals surface area contributed by atoms with Gasteiger partial charge in [0.15, 0.2) is 0 Å². The fraction of sp³-hybridized carbons (Fsp3) is 0.529. The average molecular weight is 257 g/mol. The SMILES string of the molecule is CC(C)(N)C(O)C1=CC2(CCCC2)c2ccccc21. The molecule has 2 heteroatoms. The first-order valence-corrected chi connectivity index (χ1v) is 7.24. The highest BCUT2D eigenvalue weighted by Crippen LogP contribution is 2.51. The molecule has 3 rings (SSSR count). The topological polar surface area (TPSA) is 46.2 Å². The predicted octanol–water partition coefficient (Wildman–Crippen LogP) is 2.99. The quantitative estimate of drug-likeness (QED) is 0.855. The molecule has 1 fully saturated rings. The van der Waals surface area contributed by atoms with Crippen molar-refractivity contribution in [2.45, 2.75) is 56.6 Å². The van der Waals surface area contributed by atoms with Crippen LogP contribution in [-0.2, 0) is 5.41 Å². The molecule has 2 aliphatic rings. The zero-order valence-corrected chi connectivity index (χ0v) is 11.8. The molecule has 1 spiro atoms. The molecule has 0 aliphatic heterocycles. The summed E-state index contributed by atoms with van der Waals surface area (Å²) in [6.07, 6.45) is 6.66. The van der Waals surface area contributed by atoms with Gasteiger partial charge in [0, 0.05) is 11.0 Å². The van der Waals surface area contributed by atoms with E-state index in [9.17, 15) is 5.11 Å². The molecule has 1 aromatic rings. The van der Waals surface area contributed by atoms with E-state index >= 15 is 0 Å². The van der Waals surface area contributed by atoms with Gasteiger partial charge >= 0.3 is 0 Å². The third-order valence-electron chi connectivity index (χ3n) is 4.70. The Morgan fingerprint density at radius 3 is 2.47 bits per heavy atom. The first kappa shape index (κ1) is 12.9. The van der Waals surface area contributed by atoms with Gasteiger partial charge < -0.3 is 10.8 Å². The molecular weight excluding hydrogens is 234 g/mol. The minimum atomic E-state index is -0.608. The van der Waals surface area contributed by atoms with Gasteiger partial charge in [-0.05, 0) is 43.4 Å². The number of rotatable bonds is 2. The summed E-state index contributed by atoms with van der Waals surface area (Å²) in [5, 5.41) is 10.6. The number of nitrogens with two attached hydrogens (primary N) is 1. The highest BCUT2D eigenvalue weighted by molar-refractivity contribution is 5.80. The molecule has 0 heterocycles. The second-order valence-corrected chi connectivity index (χ2v) is 6.73. The van der Waals surface area contributed by atoms with Crippen LogP contribution in [0.3, 0.4) is 0 Å². The summed E-state index contributed by atoms with van der Waals surface area (Å²) in [6.45, 7) is 3.78. The summed E-state index contributed by atoms with van der Waals surface area (Å²) in [6, 6.07) is 8.51. The largest absolute Gasteiger partial charge is 0.386 e. The van der Waals surface area contributed by atoms with Crippen molar-refractivity contribution in [3.05, 3.63) is 41.5 Å². The van der Waals surface area contributed by atoms with Gasteiger partial charge in [-0.15, -0.1) is 0 Å². The van der Waals surface area contributed by atoms with Gasteiger partial charge in [-0.3, -0.25) is 0 Å². The van der Waals surface area contributed by atoms with E-state index in [-0.39, 0.29) is 5.41 Å². The number of benzene rings is 1. The maximum Gasteiger partial charge on any atom is 0.0967 e. The Morgan fingerprint density at radius 2 is 1.84 bits per heavy atom. The van der Waals surface area contributed by atoms with Crippen LogP contribution >= 0.6 is 0 Å². The number of fused-ring (bicyclic) bond motifs is 2. The molecule has 0 saturated heterocycles. The Morgan fingerprint density at radius 1 is 1.21 bits per heavy atom. The Hall–Kier alpha value is -1.12. The van der Waals surface area contributed by atoms with Crippen molar-refractivity contribution >= 4 is 5.57 Å². The van der Waals surface area contributed by atoms with Crippen LogP contribution in [0, 0.1) is 0 Å². The molecule has 0 aromatic heterocycles. The van der Waals surface area contributed by atoms with Gasteiger partial charge in [0.2, 0.25) is 0 Å². The lowest BCUT2D eigenvalue weighted by Crippen LogP contribution is -2.45. The zero-order chi connectivity index (χ0) is 13.7. The Labute approximate surface area is 115 Å². The number of hydrogen-bond acceptors (Lipinski definition) is 2. The lowest BCUT2D eigenvalue weighted by atomic mass is 9.81. The molecule has 0 amide bonds. The van der Waals surface area contributed by atoms with Gasteiger partial charge in [0.1, 0.15) is 0 Å². The lowest BCUT2D eigenvalue weighted by Gasteiger charge is -2.27. The normalized spacial score (nSPS) is 22.4. The fourth-order valence-electron chi connectivity index (χ4n) is 3.67. The van der Waals surface area contributed by atoms with E-state index in [1.807, 2.05) is 13.8 Å². The Balaban J connectivity index is 2.11. The monoisotopic (exact) mass is 257 g/mol. The van der Waals surface area contributed by atoms with Crippen molar-refractivity contribution in [2.24, 2.45) is 5.73 Å². The summed E-state index contributed by atoms with van der Waals surface area (Å²) < 4.78 is 0. The number of hydrogen-bond donors (Lipinski definition) is 2. The van der Waals surface area contributed by atoms with Crippen LogP contribution in [0.5, 0.6) is 0 Å². The van der Waals surface area contributed by atoms with Crippen LogP contribution in [0.2, 0.25) is 0 Å². The van der Waals surface area contributed by atoms with E-state index in [4.69, 9.17) is 5.73 Å². The van der Waals surface area contributed by atoms with E-state index in [1.165, 1.54) is 36.8 Å². The third-order valence-corrected chi connectivity index (χ3v) is 4.70. The standard InChI is InChI=1S/C17H23NO/c1-16(2,18)15(19)13-11-17(9-5-6-10-17)14-8-4-3-7-12(13)14/h3-4,7-8,11,15,19H,5-6,9-10,18H2,1-2H3. The fourth-order valence-corrected chi connectivity index (χ4v) is 3.67. The first-order chi connectivity index (χ1) is 8.94. The molecule has 1 atom stereocenters. The number of aliphatic hydroxyl groups excluding tert-OH is 1. The van der Waals surface area contributed by atoms with Crippen molar-refractivity contribution < 1.29 is 5.11 Å². The van der Waals surface area contributed by atoms with Crippen LogP contribution in [0.15, 0.2) is 30.3 Å². The van der Waals surface area contributed by atoms with Crippen LogP contribution in [-0.4, -0.2) is 16.7 Å². The summed E-state index contributed by atoms with van der Waals surface area (Å²) >= 11 is 0. The molecule has 102 valence electrons. The number of aliphatic hydroxyl groups is 1. The second-order valence-electron chi connectivity index (χ2n) is 6.73. The summed E-state index contributed by atoms with van der Waals surface area (Å²) in [5.74, 6) is 0. The molecule has 3 N–H and O–H groups in total. The minimum Gasteiger partial charge on any atom is -0.386 e. The first-order valence-electron chi connectivity index (χ1n) is 7.24. The highest BCUT2D eigenvalue weighted by Gasteiger charge is 2.43. The molecule has 19 heavy (non-hydrogen) atoms. The summed E-state index contributed by atoms with van der Waals surface area (Å²) in [5.41, 5.74) is 9.30. The van der Waals surface area contributed by atoms with Gasteiger partial charge in [0.25, 0.3) is 0 Å².